The van der Waals surface area contributed by atoms with E-state index in [0.29, 0.717) is 5.56 Å². The number of rotatable bonds is 5. The van der Waals surface area contributed by atoms with Crippen LogP contribution in [0.5, 0.6) is 0 Å². The SMILES string of the molecule is CCCNC(c1cc(F)cc(F)c1)c1cc(Br)cc(Br)c1. The second kappa shape index (κ2) is 7.47. The van der Waals surface area contributed by atoms with Gasteiger partial charge in [0.15, 0.2) is 0 Å². The fraction of sp³-hybridized carbons (Fsp3) is 0.250. The van der Waals surface area contributed by atoms with E-state index in [1.165, 1.54) is 12.1 Å². The van der Waals surface area contributed by atoms with E-state index in [4.69, 9.17) is 0 Å². The summed E-state index contributed by atoms with van der Waals surface area (Å²) in [5, 5.41) is 3.34. The quantitative estimate of drug-likeness (QED) is 0.668. The van der Waals surface area contributed by atoms with Crippen molar-refractivity contribution in [3.63, 3.8) is 0 Å². The summed E-state index contributed by atoms with van der Waals surface area (Å²) in [6, 6.07) is 9.17. The fourth-order valence-electron chi connectivity index (χ4n) is 2.20. The Morgan fingerprint density at radius 1 is 0.905 bits per heavy atom. The van der Waals surface area contributed by atoms with Crippen LogP contribution in [0.3, 0.4) is 0 Å². The van der Waals surface area contributed by atoms with Gasteiger partial charge in [-0.2, -0.15) is 0 Å². The van der Waals surface area contributed by atoms with Gasteiger partial charge in [-0.1, -0.05) is 38.8 Å². The van der Waals surface area contributed by atoms with Crippen LogP contribution < -0.4 is 5.32 Å². The molecule has 5 heteroatoms. The molecule has 0 saturated heterocycles. The molecule has 2 rings (SSSR count). The Morgan fingerprint density at radius 2 is 1.43 bits per heavy atom. The smallest absolute Gasteiger partial charge is 0.126 e. The number of hydrogen-bond donors (Lipinski definition) is 1. The predicted molar refractivity (Wildman–Crippen MR) is 88.3 cm³/mol. The van der Waals surface area contributed by atoms with Crippen LogP contribution in [0.15, 0.2) is 45.3 Å². The first-order valence-electron chi connectivity index (χ1n) is 6.65. The van der Waals surface area contributed by atoms with Crippen molar-refractivity contribution >= 4 is 31.9 Å². The third-order valence-corrected chi connectivity index (χ3v) is 3.95. The molecule has 1 nitrogen and oxygen atoms in total. The maximum atomic E-state index is 13.5. The average Bonchev–Trinajstić information content (AvgIpc) is 2.37. The minimum absolute atomic E-state index is 0.260. The van der Waals surface area contributed by atoms with Crippen LogP contribution in [0.25, 0.3) is 0 Å². The highest BCUT2D eigenvalue weighted by atomic mass is 79.9. The molecular formula is C16H15Br2F2N. The summed E-state index contributed by atoms with van der Waals surface area (Å²) in [5.74, 6) is -1.13. The van der Waals surface area contributed by atoms with Crippen LogP contribution in [0.1, 0.15) is 30.5 Å². The third-order valence-electron chi connectivity index (χ3n) is 3.03. The molecule has 2 aromatic rings. The van der Waals surface area contributed by atoms with Gasteiger partial charge in [0.05, 0.1) is 6.04 Å². The fourth-order valence-corrected chi connectivity index (χ4v) is 3.53. The van der Waals surface area contributed by atoms with Crippen LogP contribution in [-0.4, -0.2) is 6.54 Å². The van der Waals surface area contributed by atoms with E-state index in [-0.39, 0.29) is 6.04 Å². The lowest BCUT2D eigenvalue weighted by Gasteiger charge is -2.20. The molecule has 0 radical (unpaired) electrons. The van der Waals surface area contributed by atoms with E-state index < -0.39 is 11.6 Å². The van der Waals surface area contributed by atoms with Crippen LogP contribution >= 0.6 is 31.9 Å². The van der Waals surface area contributed by atoms with E-state index in [2.05, 4.69) is 37.2 Å². The molecule has 1 atom stereocenters. The Hall–Kier alpha value is -0.780. The van der Waals surface area contributed by atoms with Crippen LogP contribution in [0.2, 0.25) is 0 Å². The van der Waals surface area contributed by atoms with Gasteiger partial charge in [-0.05, 0) is 54.4 Å². The van der Waals surface area contributed by atoms with Crippen LogP contribution in [0.4, 0.5) is 8.78 Å². The topological polar surface area (TPSA) is 12.0 Å². The highest BCUT2D eigenvalue weighted by molar-refractivity contribution is 9.11. The first kappa shape index (κ1) is 16.6. The summed E-state index contributed by atoms with van der Waals surface area (Å²) in [5.41, 5.74) is 1.51. The Kier molecular flexibility index (Phi) is 5.90. The molecule has 0 amide bonds. The van der Waals surface area contributed by atoms with Gasteiger partial charge < -0.3 is 5.32 Å². The molecule has 0 aliphatic carbocycles. The first-order valence-corrected chi connectivity index (χ1v) is 8.23. The van der Waals surface area contributed by atoms with Crippen molar-refractivity contribution in [1.82, 2.24) is 5.32 Å². The standard InChI is InChI=1S/C16H15Br2F2N/c1-2-3-21-16(10-4-12(17)8-13(18)5-10)11-6-14(19)9-15(20)7-11/h4-9,16,21H,2-3H2,1H3. The van der Waals surface area contributed by atoms with Crippen molar-refractivity contribution in [3.8, 4) is 0 Å². The molecule has 0 aliphatic rings. The van der Waals surface area contributed by atoms with E-state index in [0.717, 1.165) is 33.5 Å². The zero-order valence-corrected chi connectivity index (χ0v) is 14.6. The summed E-state index contributed by atoms with van der Waals surface area (Å²) < 4.78 is 28.8. The number of halogens is 4. The lowest BCUT2D eigenvalue weighted by atomic mass is 9.98. The van der Waals surface area contributed by atoms with Gasteiger partial charge in [-0.25, -0.2) is 8.78 Å². The molecule has 0 aliphatic heterocycles. The highest BCUT2D eigenvalue weighted by Gasteiger charge is 2.16. The molecule has 0 saturated carbocycles. The Bertz CT molecular complexity index is 540. The second-order valence-corrected chi connectivity index (χ2v) is 6.62. The van der Waals surface area contributed by atoms with Gasteiger partial charge in [0, 0.05) is 15.0 Å². The van der Waals surface area contributed by atoms with Crippen molar-refractivity contribution in [3.05, 3.63) is 68.1 Å². The van der Waals surface area contributed by atoms with E-state index >= 15 is 0 Å². The summed E-state index contributed by atoms with van der Waals surface area (Å²) in [6.07, 6.45) is 0.934. The molecule has 112 valence electrons. The largest absolute Gasteiger partial charge is 0.306 e. The minimum Gasteiger partial charge on any atom is -0.306 e. The monoisotopic (exact) mass is 417 g/mol. The van der Waals surface area contributed by atoms with Crippen molar-refractivity contribution < 1.29 is 8.78 Å². The van der Waals surface area contributed by atoms with Gasteiger partial charge >= 0.3 is 0 Å². The van der Waals surface area contributed by atoms with Crippen LogP contribution in [0, 0.1) is 11.6 Å². The van der Waals surface area contributed by atoms with Gasteiger partial charge in [0.25, 0.3) is 0 Å². The number of hydrogen-bond acceptors (Lipinski definition) is 1. The molecule has 0 heterocycles. The van der Waals surface area contributed by atoms with E-state index in [1.54, 1.807) is 0 Å². The molecule has 21 heavy (non-hydrogen) atoms. The van der Waals surface area contributed by atoms with Crippen LogP contribution in [-0.2, 0) is 0 Å². The summed E-state index contributed by atoms with van der Waals surface area (Å²) in [4.78, 5) is 0. The summed E-state index contributed by atoms with van der Waals surface area (Å²) in [6.45, 7) is 2.81. The molecule has 0 bridgehead atoms. The first-order chi connectivity index (χ1) is 9.99. The second-order valence-electron chi connectivity index (χ2n) is 4.79. The Balaban J connectivity index is 2.46. The lowest BCUT2D eigenvalue weighted by molar-refractivity contribution is 0.558. The maximum Gasteiger partial charge on any atom is 0.126 e. The van der Waals surface area contributed by atoms with Gasteiger partial charge in [-0.3, -0.25) is 0 Å². The Morgan fingerprint density at radius 3 is 1.95 bits per heavy atom. The molecule has 0 aromatic heterocycles. The minimum atomic E-state index is -0.567. The van der Waals surface area contributed by atoms with Crippen molar-refractivity contribution in [2.24, 2.45) is 0 Å². The molecule has 1 N–H and O–H groups in total. The molecule has 0 spiro atoms. The molecular weight excluding hydrogens is 404 g/mol. The number of benzene rings is 2. The summed E-state index contributed by atoms with van der Waals surface area (Å²) in [7, 11) is 0. The van der Waals surface area contributed by atoms with Crippen molar-refractivity contribution in [1.29, 1.82) is 0 Å². The molecule has 2 aromatic carbocycles. The van der Waals surface area contributed by atoms with E-state index in [1.807, 2.05) is 25.1 Å². The normalized spacial score (nSPS) is 12.4. The zero-order valence-electron chi connectivity index (χ0n) is 11.5. The highest BCUT2D eigenvalue weighted by Crippen LogP contribution is 2.29. The third kappa shape index (κ3) is 4.59. The van der Waals surface area contributed by atoms with Gasteiger partial charge in [0.2, 0.25) is 0 Å². The van der Waals surface area contributed by atoms with Gasteiger partial charge in [0.1, 0.15) is 11.6 Å². The van der Waals surface area contributed by atoms with E-state index in [9.17, 15) is 8.78 Å². The van der Waals surface area contributed by atoms with Crippen molar-refractivity contribution in [2.75, 3.05) is 6.54 Å². The van der Waals surface area contributed by atoms with Gasteiger partial charge in [-0.15, -0.1) is 0 Å². The summed E-state index contributed by atoms with van der Waals surface area (Å²) >= 11 is 6.89. The zero-order chi connectivity index (χ0) is 15.4. The predicted octanol–water partition coefficient (Wildman–Crippen LogP) is 5.58. The lowest BCUT2D eigenvalue weighted by Crippen LogP contribution is -2.23. The molecule has 1 unspecified atom stereocenters. The van der Waals surface area contributed by atoms with Crippen molar-refractivity contribution in [2.45, 2.75) is 19.4 Å². The average molecular weight is 419 g/mol. The Labute approximate surface area is 140 Å². The maximum absolute atomic E-state index is 13.5. The molecule has 0 fully saturated rings. The number of nitrogens with one attached hydrogen (secondary N) is 1.